The number of aliphatic hydroxyl groups is 1. The summed E-state index contributed by atoms with van der Waals surface area (Å²) in [5.41, 5.74) is 0. The van der Waals surface area contributed by atoms with E-state index in [0.717, 1.165) is 6.54 Å². The number of rotatable bonds is 8. The van der Waals surface area contributed by atoms with E-state index >= 15 is 0 Å². The molecule has 124 valence electrons. The number of thioether (sulfide) groups is 1. The molecule has 0 radical (unpaired) electrons. The normalized spacial score (nSPS) is 24.9. The maximum absolute atomic E-state index is 10.1. The van der Waals surface area contributed by atoms with Gasteiger partial charge in [-0.1, -0.05) is 38.5 Å². The molecule has 0 aromatic heterocycles. The minimum absolute atomic E-state index is 0.366. The van der Waals surface area contributed by atoms with E-state index in [4.69, 9.17) is 4.74 Å². The number of nitrogens with one attached hydrogen (secondary N) is 1. The van der Waals surface area contributed by atoms with E-state index in [-0.39, 0.29) is 6.10 Å². The molecule has 2 N–H and O–H groups in total. The lowest BCUT2D eigenvalue weighted by atomic mass is 9.88. The second kappa shape index (κ2) is 9.39. The first-order valence-corrected chi connectivity index (χ1v) is 10.0. The van der Waals surface area contributed by atoms with Crippen LogP contribution in [0.4, 0.5) is 0 Å². The highest BCUT2D eigenvalue weighted by molar-refractivity contribution is 8.00. The van der Waals surface area contributed by atoms with Crippen molar-refractivity contribution in [2.24, 2.45) is 0 Å². The molecule has 2 aliphatic rings. The Morgan fingerprint density at radius 1 is 1.14 bits per heavy atom. The monoisotopic (exact) mass is 315 g/mol. The SMILES string of the molecule is CSC1(CNCC(O)COC2CCCCC2)CCCCC1. The van der Waals surface area contributed by atoms with E-state index in [9.17, 15) is 5.11 Å². The first kappa shape index (κ1) is 17.6. The summed E-state index contributed by atoms with van der Waals surface area (Å²) in [7, 11) is 0. The molecule has 0 heterocycles. The van der Waals surface area contributed by atoms with Crippen LogP contribution in [0.3, 0.4) is 0 Å². The van der Waals surface area contributed by atoms with Crippen LogP contribution in [0, 0.1) is 0 Å². The van der Waals surface area contributed by atoms with Crippen molar-refractivity contribution < 1.29 is 9.84 Å². The van der Waals surface area contributed by atoms with Crippen molar-refractivity contribution in [2.75, 3.05) is 26.0 Å². The molecule has 3 nitrogen and oxygen atoms in total. The highest BCUT2D eigenvalue weighted by Gasteiger charge is 2.30. The van der Waals surface area contributed by atoms with Gasteiger partial charge in [-0.25, -0.2) is 0 Å². The fraction of sp³-hybridized carbons (Fsp3) is 1.00. The fourth-order valence-electron chi connectivity index (χ4n) is 3.65. The Hall–Kier alpha value is 0.230. The van der Waals surface area contributed by atoms with Crippen LogP contribution < -0.4 is 5.32 Å². The van der Waals surface area contributed by atoms with Gasteiger partial charge >= 0.3 is 0 Å². The Bertz CT molecular complexity index is 276. The Morgan fingerprint density at radius 2 is 1.81 bits per heavy atom. The summed E-state index contributed by atoms with van der Waals surface area (Å²) >= 11 is 2.01. The molecule has 2 fully saturated rings. The summed E-state index contributed by atoms with van der Waals surface area (Å²) in [4.78, 5) is 0. The van der Waals surface area contributed by atoms with Crippen LogP contribution in [0.5, 0.6) is 0 Å². The molecule has 2 aliphatic carbocycles. The standard InChI is InChI=1S/C17H33NO2S/c1-21-17(10-6-3-7-11-17)14-18-12-15(19)13-20-16-8-4-2-5-9-16/h15-16,18-19H,2-14H2,1H3. The third-order valence-corrected chi connectivity index (χ3v) is 6.52. The topological polar surface area (TPSA) is 41.5 Å². The van der Waals surface area contributed by atoms with Gasteiger partial charge in [0.15, 0.2) is 0 Å². The molecule has 1 unspecified atom stereocenters. The fourth-order valence-corrected chi connectivity index (χ4v) is 4.60. The Morgan fingerprint density at radius 3 is 2.48 bits per heavy atom. The van der Waals surface area contributed by atoms with Crippen LogP contribution in [-0.2, 0) is 4.74 Å². The van der Waals surface area contributed by atoms with Crippen LogP contribution in [0.25, 0.3) is 0 Å². The molecule has 0 bridgehead atoms. The van der Waals surface area contributed by atoms with Gasteiger partial charge in [0.05, 0.1) is 18.8 Å². The Labute approximate surface area is 134 Å². The van der Waals surface area contributed by atoms with E-state index in [0.29, 0.717) is 24.0 Å². The summed E-state index contributed by atoms with van der Waals surface area (Å²) in [6.07, 6.45) is 15.3. The third kappa shape index (κ3) is 6.09. The van der Waals surface area contributed by atoms with E-state index in [1.54, 1.807) is 0 Å². The first-order chi connectivity index (χ1) is 10.2. The largest absolute Gasteiger partial charge is 0.389 e. The number of aliphatic hydroxyl groups excluding tert-OH is 1. The van der Waals surface area contributed by atoms with Crippen molar-refractivity contribution in [2.45, 2.75) is 81.2 Å². The molecule has 4 heteroatoms. The van der Waals surface area contributed by atoms with E-state index in [1.165, 1.54) is 64.2 Å². The zero-order valence-electron chi connectivity index (χ0n) is 13.6. The molecular formula is C17H33NO2S. The Kier molecular flexibility index (Phi) is 7.86. The summed E-state index contributed by atoms with van der Waals surface area (Å²) in [6, 6.07) is 0. The molecule has 0 aromatic carbocycles. The predicted octanol–water partition coefficient (Wildman–Crippen LogP) is 3.35. The average Bonchev–Trinajstić information content (AvgIpc) is 2.55. The summed E-state index contributed by atoms with van der Waals surface area (Å²) < 4.78 is 6.25. The number of ether oxygens (including phenoxy) is 1. The van der Waals surface area contributed by atoms with E-state index in [2.05, 4.69) is 11.6 Å². The maximum Gasteiger partial charge on any atom is 0.0897 e. The molecule has 0 spiro atoms. The van der Waals surface area contributed by atoms with Crippen molar-refractivity contribution in [3.05, 3.63) is 0 Å². The van der Waals surface area contributed by atoms with Gasteiger partial charge in [-0.2, -0.15) is 11.8 Å². The maximum atomic E-state index is 10.1. The first-order valence-electron chi connectivity index (χ1n) is 8.80. The van der Waals surface area contributed by atoms with Gasteiger partial charge in [-0.05, 0) is 31.9 Å². The summed E-state index contributed by atoms with van der Waals surface area (Å²) in [5, 5.41) is 13.6. The van der Waals surface area contributed by atoms with Crippen molar-refractivity contribution in [3.63, 3.8) is 0 Å². The van der Waals surface area contributed by atoms with Gasteiger partial charge in [0, 0.05) is 17.8 Å². The van der Waals surface area contributed by atoms with Crippen LogP contribution in [0.2, 0.25) is 0 Å². The lowest BCUT2D eigenvalue weighted by Gasteiger charge is -2.36. The second-order valence-electron chi connectivity index (χ2n) is 6.83. The summed E-state index contributed by atoms with van der Waals surface area (Å²) in [6.45, 7) is 2.17. The van der Waals surface area contributed by atoms with E-state index in [1.807, 2.05) is 11.8 Å². The lowest BCUT2D eigenvalue weighted by Crippen LogP contribution is -2.42. The van der Waals surface area contributed by atoms with Crippen LogP contribution in [-0.4, -0.2) is 48.0 Å². The molecule has 0 amide bonds. The zero-order valence-corrected chi connectivity index (χ0v) is 14.4. The average molecular weight is 316 g/mol. The molecule has 1 atom stereocenters. The lowest BCUT2D eigenvalue weighted by molar-refractivity contribution is -0.0230. The molecular weight excluding hydrogens is 282 g/mol. The van der Waals surface area contributed by atoms with Crippen LogP contribution >= 0.6 is 11.8 Å². The van der Waals surface area contributed by atoms with Gasteiger partial charge < -0.3 is 15.2 Å². The molecule has 0 saturated heterocycles. The van der Waals surface area contributed by atoms with Gasteiger partial charge in [0.2, 0.25) is 0 Å². The number of hydrogen-bond donors (Lipinski definition) is 2. The van der Waals surface area contributed by atoms with Gasteiger partial charge in [0.1, 0.15) is 0 Å². The minimum atomic E-state index is -0.366. The second-order valence-corrected chi connectivity index (χ2v) is 8.10. The quantitative estimate of drug-likeness (QED) is 0.721. The minimum Gasteiger partial charge on any atom is -0.389 e. The van der Waals surface area contributed by atoms with Gasteiger partial charge in [0.25, 0.3) is 0 Å². The zero-order chi connectivity index (χ0) is 15.0. The highest BCUT2D eigenvalue weighted by Crippen LogP contribution is 2.37. The smallest absolute Gasteiger partial charge is 0.0897 e. The third-order valence-electron chi connectivity index (χ3n) is 5.10. The highest BCUT2D eigenvalue weighted by atomic mass is 32.2. The molecule has 21 heavy (non-hydrogen) atoms. The van der Waals surface area contributed by atoms with Crippen molar-refractivity contribution in [3.8, 4) is 0 Å². The molecule has 0 aromatic rings. The van der Waals surface area contributed by atoms with Gasteiger partial charge in [-0.3, -0.25) is 0 Å². The molecule has 2 rings (SSSR count). The van der Waals surface area contributed by atoms with E-state index < -0.39 is 0 Å². The molecule has 2 saturated carbocycles. The van der Waals surface area contributed by atoms with Gasteiger partial charge in [-0.15, -0.1) is 0 Å². The number of hydrogen-bond acceptors (Lipinski definition) is 4. The van der Waals surface area contributed by atoms with Crippen LogP contribution in [0.1, 0.15) is 64.2 Å². The van der Waals surface area contributed by atoms with Crippen molar-refractivity contribution >= 4 is 11.8 Å². The van der Waals surface area contributed by atoms with Crippen molar-refractivity contribution in [1.29, 1.82) is 0 Å². The molecule has 0 aliphatic heterocycles. The Balaban J connectivity index is 1.58. The predicted molar refractivity (Wildman–Crippen MR) is 91.0 cm³/mol. The summed E-state index contributed by atoms with van der Waals surface area (Å²) in [5.74, 6) is 0. The van der Waals surface area contributed by atoms with Crippen LogP contribution in [0.15, 0.2) is 0 Å². The van der Waals surface area contributed by atoms with Crippen molar-refractivity contribution in [1.82, 2.24) is 5.32 Å².